The van der Waals surface area contributed by atoms with E-state index in [1.54, 1.807) is 6.20 Å². The van der Waals surface area contributed by atoms with Gasteiger partial charge in [-0.3, -0.25) is 9.78 Å². The molecule has 0 radical (unpaired) electrons. The van der Waals surface area contributed by atoms with Crippen LogP contribution >= 0.6 is 15.9 Å². The Labute approximate surface area is 120 Å². The number of nitrogens with zero attached hydrogens (tertiary/aromatic N) is 1. The average Bonchev–Trinajstić information content (AvgIpc) is 2.37. The summed E-state index contributed by atoms with van der Waals surface area (Å²) in [4.78, 5) is 16.3. The fourth-order valence-electron chi connectivity index (χ4n) is 1.75. The highest BCUT2D eigenvalue weighted by Crippen LogP contribution is 2.24. The zero-order chi connectivity index (χ0) is 14.0. The minimum Gasteiger partial charge on any atom is -0.323 e. The quantitative estimate of drug-likeness (QED) is 0.913. The van der Waals surface area contributed by atoms with E-state index in [4.69, 9.17) is 5.73 Å². The van der Waals surface area contributed by atoms with E-state index < -0.39 is 6.04 Å². The van der Waals surface area contributed by atoms with Crippen molar-refractivity contribution in [2.45, 2.75) is 19.9 Å². The third-order valence-corrected chi connectivity index (χ3v) is 3.39. The van der Waals surface area contributed by atoms with Crippen LogP contribution < -0.4 is 11.1 Å². The maximum atomic E-state index is 12.0. The maximum Gasteiger partial charge on any atom is 0.241 e. The van der Waals surface area contributed by atoms with Gasteiger partial charge in [0.2, 0.25) is 5.91 Å². The third-order valence-electron chi connectivity index (χ3n) is 2.96. The lowest BCUT2D eigenvalue weighted by Gasteiger charge is -2.16. The summed E-state index contributed by atoms with van der Waals surface area (Å²) in [6.45, 7) is 3.84. The van der Waals surface area contributed by atoms with Gasteiger partial charge in [-0.2, -0.15) is 0 Å². The fourth-order valence-corrected chi connectivity index (χ4v) is 2.10. The van der Waals surface area contributed by atoms with Crippen molar-refractivity contribution >= 4 is 38.4 Å². The number of carbonyl (C=O) groups is 1. The Morgan fingerprint density at radius 3 is 2.84 bits per heavy atom. The molecule has 2 rings (SSSR count). The van der Waals surface area contributed by atoms with Crippen molar-refractivity contribution in [1.82, 2.24) is 4.98 Å². The lowest BCUT2D eigenvalue weighted by Crippen LogP contribution is -2.39. The van der Waals surface area contributed by atoms with E-state index in [0.717, 1.165) is 15.4 Å². The molecule has 2 aromatic rings. The molecule has 1 amide bonds. The minimum absolute atomic E-state index is 0.0945. The van der Waals surface area contributed by atoms with E-state index in [-0.39, 0.29) is 11.8 Å². The second-order valence-corrected chi connectivity index (χ2v) is 5.71. The number of nitrogens with two attached hydrogens (primary N) is 1. The summed E-state index contributed by atoms with van der Waals surface area (Å²) in [6.07, 6.45) is 1.71. The third kappa shape index (κ3) is 3.11. The lowest BCUT2D eigenvalue weighted by molar-refractivity contribution is -0.118. The van der Waals surface area contributed by atoms with Crippen molar-refractivity contribution in [3.05, 3.63) is 34.9 Å². The summed E-state index contributed by atoms with van der Waals surface area (Å²) in [6, 6.07) is 7.10. The second-order valence-electron chi connectivity index (χ2n) is 4.79. The topological polar surface area (TPSA) is 68.0 Å². The van der Waals surface area contributed by atoms with E-state index in [2.05, 4.69) is 26.2 Å². The normalized spacial score (nSPS) is 12.7. The zero-order valence-corrected chi connectivity index (χ0v) is 12.4. The van der Waals surface area contributed by atoms with Crippen LogP contribution in [0.2, 0.25) is 0 Å². The number of hydrogen-bond acceptors (Lipinski definition) is 3. The summed E-state index contributed by atoms with van der Waals surface area (Å²) >= 11 is 3.38. The Balaban J connectivity index is 2.33. The Kier molecular flexibility index (Phi) is 4.17. The predicted octanol–water partition coefficient (Wildman–Crippen LogP) is 2.92. The minimum atomic E-state index is -0.522. The van der Waals surface area contributed by atoms with Crippen LogP contribution in [0.3, 0.4) is 0 Å². The molecule has 19 heavy (non-hydrogen) atoms. The molecule has 5 heteroatoms. The van der Waals surface area contributed by atoms with Crippen molar-refractivity contribution in [2.24, 2.45) is 11.7 Å². The molecule has 1 aromatic heterocycles. The number of aromatic nitrogens is 1. The number of nitrogens with one attached hydrogen (secondary N) is 1. The summed E-state index contributed by atoms with van der Waals surface area (Å²) in [5.41, 5.74) is 7.28. The van der Waals surface area contributed by atoms with Crippen molar-refractivity contribution < 1.29 is 4.79 Å². The van der Waals surface area contributed by atoms with E-state index in [1.807, 2.05) is 38.1 Å². The van der Waals surface area contributed by atoms with Gasteiger partial charge in [0, 0.05) is 16.1 Å². The van der Waals surface area contributed by atoms with Gasteiger partial charge >= 0.3 is 0 Å². The van der Waals surface area contributed by atoms with Crippen molar-refractivity contribution in [3.63, 3.8) is 0 Å². The molecule has 1 heterocycles. The predicted molar refractivity (Wildman–Crippen MR) is 80.9 cm³/mol. The molecular weight excluding hydrogens is 306 g/mol. The van der Waals surface area contributed by atoms with Gasteiger partial charge in [-0.25, -0.2) is 0 Å². The van der Waals surface area contributed by atoms with Crippen LogP contribution in [0.5, 0.6) is 0 Å². The first kappa shape index (κ1) is 14.0. The molecule has 0 spiro atoms. The first-order chi connectivity index (χ1) is 8.99. The van der Waals surface area contributed by atoms with Crippen LogP contribution in [0.1, 0.15) is 13.8 Å². The van der Waals surface area contributed by atoms with Gasteiger partial charge in [0.1, 0.15) is 0 Å². The highest BCUT2D eigenvalue weighted by atomic mass is 79.9. The monoisotopic (exact) mass is 321 g/mol. The molecule has 0 aliphatic carbocycles. The van der Waals surface area contributed by atoms with E-state index >= 15 is 0 Å². The van der Waals surface area contributed by atoms with E-state index in [1.165, 1.54) is 0 Å². The summed E-state index contributed by atoms with van der Waals surface area (Å²) in [5, 5.41) is 3.81. The van der Waals surface area contributed by atoms with Crippen molar-refractivity contribution in [3.8, 4) is 0 Å². The number of rotatable bonds is 3. The number of pyridine rings is 1. The van der Waals surface area contributed by atoms with E-state index in [9.17, 15) is 4.79 Å². The van der Waals surface area contributed by atoms with Crippen LogP contribution in [0.15, 0.2) is 34.9 Å². The number of benzene rings is 1. The molecule has 4 nitrogen and oxygen atoms in total. The molecular formula is C14H16BrN3O. The summed E-state index contributed by atoms with van der Waals surface area (Å²) in [5.74, 6) is -0.0932. The van der Waals surface area contributed by atoms with Crippen LogP contribution in [0, 0.1) is 5.92 Å². The standard InChI is InChI=1S/C14H16BrN3O/c1-8(2)12(16)14(19)18-11-5-3-4-9-6-10(15)7-17-13(9)11/h3-8,12H,16H2,1-2H3,(H,18,19)/t12-/m1/s1. The Bertz CT molecular complexity index is 613. The van der Waals surface area contributed by atoms with E-state index in [0.29, 0.717) is 5.69 Å². The molecule has 1 atom stereocenters. The first-order valence-corrected chi connectivity index (χ1v) is 6.89. The van der Waals surface area contributed by atoms with Crippen LogP contribution in [-0.2, 0) is 4.79 Å². The molecule has 0 bridgehead atoms. The highest BCUT2D eigenvalue weighted by Gasteiger charge is 2.18. The van der Waals surface area contributed by atoms with Gasteiger partial charge in [0.25, 0.3) is 0 Å². The van der Waals surface area contributed by atoms with Gasteiger partial charge < -0.3 is 11.1 Å². The molecule has 3 N–H and O–H groups in total. The molecule has 0 unspecified atom stereocenters. The number of para-hydroxylation sites is 1. The van der Waals surface area contributed by atoms with Gasteiger partial charge in [-0.05, 0) is 34.0 Å². The SMILES string of the molecule is CC(C)[C@@H](N)C(=O)Nc1cccc2cc(Br)cnc12. The Morgan fingerprint density at radius 2 is 2.16 bits per heavy atom. The average molecular weight is 322 g/mol. The van der Waals surface area contributed by atoms with Gasteiger partial charge in [0.05, 0.1) is 17.2 Å². The molecule has 0 fully saturated rings. The number of carbonyl (C=O) groups excluding carboxylic acids is 1. The second kappa shape index (κ2) is 5.67. The molecule has 100 valence electrons. The zero-order valence-electron chi connectivity index (χ0n) is 10.9. The summed E-state index contributed by atoms with van der Waals surface area (Å²) in [7, 11) is 0. The number of amides is 1. The molecule has 0 aliphatic rings. The van der Waals surface area contributed by atoms with Crippen molar-refractivity contribution in [2.75, 3.05) is 5.32 Å². The Hall–Kier alpha value is -1.46. The number of anilines is 1. The summed E-state index contributed by atoms with van der Waals surface area (Å²) < 4.78 is 0.905. The number of fused-ring (bicyclic) bond motifs is 1. The van der Waals surface area contributed by atoms with Gasteiger partial charge in [-0.1, -0.05) is 26.0 Å². The fraction of sp³-hybridized carbons (Fsp3) is 0.286. The molecule has 0 saturated heterocycles. The number of halogens is 1. The molecule has 0 aliphatic heterocycles. The Morgan fingerprint density at radius 1 is 1.42 bits per heavy atom. The lowest BCUT2D eigenvalue weighted by atomic mass is 10.0. The largest absolute Gasteiger partial charge is 0.323 e. The first-order valence-electron chi connectivity index (χ1n) is 6.09. The van der Waals surface area contributed by atoms with Crippen LogP contribution in [-0.4, -0.2) is 16.9 Å². The van der Waals surface area contributed by atoms with Crippen LogP contribution in [0.25, 0.3) is 10.9 Å². The van der Waals surface area contributed by atoms with Gasteiger partial charge in [0.15, 0.2) is 0 Å². The van der Waals surface area contributed by atoms with Crippen molar-refractivity contribution in [1.29, 1.82) is 0 Å². The highest BCUT2D eigenvalue weighted by molar-refractivity contribution is 9.10. The van der Waals surface area contributed by atoms with Crippen LogP contribution in [0.4, 0.5) is 5.69 Å². The molecule has 1 aromatic carbocycles. The smallest absolute Gasteiger partial charge is 0.241 e. The maximum absolute atomic E-state index is 12.0. The molecule has 0 saturated carbocycles. The number of hydrogen-bond donors (Lipinski definition) is 2. The van der Waals surface area contributed by atoms with Gasteiger partial charge in [-0.15, -0.1) is 0 Å².